The van der Waals surface area contributed by atoms with Crippen LogP contribution in [-0.4, -0.2) is 52.1 Å². The van der Waals surface area contributed by atoms with E-state index in [1.807, 2.05) is 11.8 Å². The Labute approximate surface area is 122 Å². The minimum Gasteiger partial charge on any atom is -0.341 e. The number of hydrogen-bond acceptors (Lipinski definition) is 6. The van der Waals surface area contributed by atoms with Crippen LogP contribution in [0, 0.1) is 0 Å². The molecule has 0 aliphatic carbocycles. The summed E-state index contributed by atoms with van der Waals surface area (Å²) in [4.78, 5) is 17.6. The molecule has 0 radical (unpaired) electrons. The van der Waals surface area contributed by atoms with Crippen LogP contribution in [0.3, 0.4) is 0 Å². The summed E-state index contributed by atoms with van der Waals surface area (Å²) in [5.41, 5.74) is 0. The quantitative estimate of drug-likeness (QED) is 0.833. The Morgan fingerprint density at radius 3 is 2.58 bits per heavy atom. The fraction of sp³-hybridized carbons (Fsp3) is 0.750. The van der Waals surface area contributed by atoms with Crippen molar-refractivity contribution in [1.82, 2.24) is 15.0 Å². The van der Waals surface area contributed by atoms with Gasteiger partial charge in [-0.1, -0.05) is 0 Å². The van der Waals surface area contributed by atoms with E-state index in [1.165, 1.54) is 12.8 Å². The second-order valence-corrected chi connectivity index (χ2v) is 6.50. The maximum Gasteiger partial charge on any atom is 0.231 e. The van der Waals surface area contributed by atoms with Crippen LogP contribution in [0.4, 0.5) is 11.9 Å². The van der Waals surface area contributed by atoms with E-state index in [1.54, 1.807) is 0 Å². The highest BCUT2D eigenvalue weighted by molar-refractivity contribution is 7.99. The van der Waals surface area contributed by atoms with Crippen LogP contribution < -0.4 is 9.80 Å². The smallest absolute Gasteiger partial charge is 0.231 e. The van der Waals surface area contributed by atoms with Gasteiger partial charge in [-0.3, -0.25) is 0 Å². The van der Waals surface area contributed by atoms with Crippen molar-refractivity contribution in [2.45, 2.75) is 25.8 Å². The van der Waals surface area contributed by atoms with E-state index in [-0.39, 0.29) is 0 Å². The van der Waals surface area contributed by atoms with Gasteiger partial charge in [0.2, 0.25) is 17.2 Å². The fourth-order valence-electron chi connectivity index (χ4n) is 2.54. The van der Waals surface area contributed by atoms with Crippen molar-refractivity contribution in [3.05, 3.63) is 5.28 Å². The van der Waals surface area contributed by atoms with Gasteiger partial charge in [0, 0.05) is 37.2 Å². The van der Waals surface area contributed by atoms with Crippen LogP contribution in [0.1, 0.15) is 19.8 Å². The van der Waals surface area contributed by atoms with E-state index >= 15 is 0 Å². The van der Waals surface area contributed by atoms with E-state index < -0.39 is 0 Å². The molecule has 3 rings (SSSR count). The van der Waals surface area contributed by atoms with E-state index in [9.17, 15) is 0 Å². The van der Waals surface area contributed by atoms with Crippen molar-refractivity contribution in [2.24, 2.45) is 0 Å². The minimum atomic E-state index is 0.303. The number of rotatable bonds is 2. The van der Waals surface area contributed by atoms with E-state index in [0.717, 1.165) is 43.0 Å². The van der Waals surface area contributed by atoms with Gasteiger partial charge < -0.3 is 9.80 Å². The van der Waals surface area contributed by atoms with Crippen LogP contribution in [-0.2, 0) is 0 Å². The molecule has 1 aromatic rings. The van der Waals surface area contributed by atoms with Crippen molar-refractivity contribution in [2.75, 3.05) is 40.9 Å². The molecule has 1 atom stereocenters. The topological polar surface area (TPSA) is 45.2 Å². The highest BCUT2D eigenvalue weighted by atomic mass is 35.5. The molecule has 2 saturated heterocycles. The summed E-state index contributed by atoms with van der Waals surface area (Å²) in [5, 5.41) is 0.303. The van der Waals surface area contributed by atoms with Gasteiger partial charge in [0.25, 0.3) is 0 Å². The van der Waals surface area contributed by atoms with Gasteiger partial charge in [0.1, 0.15) is 0 Å². The second kappa shape index (κ2) is 5.71. The van der Waals surface area contributed by atoms with Crippen LogP contribution >= 0.6 is 23.4 Å². The molecule has 1 unspecified atom stereocenters. The zero-order valence-electron chi connectivity index (χ0n) is 11.0. The molecule has 2 aliphatic heterocycles. The monoisotopic (exact) mass is 299 g/mol. The fourth-order valence-corrected chi connectivity index (χ4v) is 3.71. The third-order valence-corrected chi connectivity index (χ3v) is 4.96. The Bertz CT molecular complexity index is 452. The first kappa shape index (κ1) is 13.2. The van der Waals surface area contributed by atoms with Crippen molar-refractivity contribution < 1.29 is 0 Å². The molecule has 104 valence electrons. The van der Waals surface area contributed by atoms with Crippen LogP contribution in [0.5, 0.6) is 0 Å². The van der Waals surface area contributed by atoms with Crippen molar-refractivity contribution in [3.8, 4) is 0 Å². The third kappa shape index (κ3) is 2.89. The lowest BCUT2D eigenvalue weighted by Crippen LogP contribution is -2.41. The summed E-state index contributed by atoms with van der Waals surface area (Å²) < 4.78 is 0. The standard InChI is InChI=1S/C12H18ClN5S/c1-9-8-19-7-6-18(9)12-15-10(13)14-11(16-12)17-4-2-3-5-17/h9H,2-8H2,1H3. The van der Waals surface area contributed by atoms with E-state index in [4.69, 9.17) is 11.6 Å². The van der Waals surface area contributed by atoms with Crippen molar-refractivity contribution in [3.63, 3.8) is 0 Å². The van der Waals surface area contributed by atoms with E-state index in [2.05, 4.69) is 31.7 Å². The average molecular weight is 300 g/mol. The first-order chi connectivity index (χ1) is 9.24. The maximum absolute atomic E-state index is 6.07. The molecule has 0 spiro atoms. The molecule has 3 heterocycles. The van der Waals surface area contributed by atoms with Gasteiger partial charge in [0.15, 0.2) is 0 Å². The molecule has 0 bridgehead atoms. The zero-order valence-corrected chi connectivity index (χ0v) is 12.6. The van der Waals surface area contributed by atoms with Gasteiger partial charge in [-0.15, -0.1) is 0 Å². The molecule has 1 aromatic heterocycles. The van der Waals surface area contributed by atoms with Crippen molar-refractivity contribution in [1.29, 1.82) is 0 Å². The van der Waals surface area contributed by atoms with Gasteiger partial charge in [0.05, 0.1) is 0 Å². The number of nitrogens with zero attached hydrogens (tertiary/aromatic N) is 5. The first-order valence-corrected chi connectivity index (χ1v) is 8.28. The lowest BCUT2D eigenvalue weighted by Gasteiger charge is -2.33. The second-order valence-electron chi connectivity index (χ2n) is 5.02. The largest absolute Gasteiger partial charge is 0.341 e. The van der Waals surface area contributed by atoms with Gasteiger partial charge >= 0.3 is 0 Å². The molecule has 2 fully saturated rings. The Balaban J connectivity index is 1.88. The maximum atomic E-state index is 6.07. The SMILES string of the molecule is CC1CSCCN1c1nc(Cl)nc(N2CCCC2)n1. The number of halogens is 1. The van der Waals surface area contributed by atoms with Gasteiger partial charge in [-0.05, 0) is 31.4 Å². The number of thioether (sulfide) groups is 1. The molecule has 0 amide bonds. The first-order valence-electron chi connectivity index (χ1n) is 6.75. The molecular formula is C12H18ClN5S. The molecule has 2 aliphatic rings. The third-order valence-electron chi connectivity index (χ3n) is 3.60. The number of anilines is 2. The van der Waals surface area contributed by atoms with Gasteiger partial charge in [-0.2, -0.15) is 26.7 Å². The molecule has 7 heteroatoms. The van der Waals surface area contributed by atoms with Crippen LogP contribution in [0.15, 0.2) is 0 Å². The highest BCUT2D eigenvalue weighted by Gasteiger charge is 2.24. The lowest BCUT2D eigenvalue weighted by atomic mass is 10.3. The van der Waals surface area contributed by atoms with Gasteiger partial charge in [-0.25, -0.2) is 0 Å². The van der Waals surface area contributed by atoms with Crippen LogP contribution in [0.2, 0.25) is 5.28 Å². The molecule has 0 aromatic carbocycles. The molecule has 5 nitrogen and oxygen atoms in total. The zero-order chi connectivity index (χ0) is 13.2. The molecule has 0 N–H and O–H groups in total. The molecule has 19 heavy (non-hydrogen) atoms. The number of aromatic nitrogens is 3. The van der Waals surface area contributed by atoms with E-state index in [0.29, 0.717) is 11.3 Å². The molecular weight excluding hydrogens is 282 g/mol. The summed E-state index contributed by atoms with van der Waals surface area (Å²) in [6, 6.07) is 0.448. The highest BCUT2D eigenvalue weighted by Crippen LogP contribution is 2.24. The van der Waals surface area contributed by atoms with Crippen LogP contribution in [0.25, 0.3) is 0 Å². The summed E-state index contributed by atoms with van der Waals surface area (Å²) >= 11 is 8.05. The summed E-state index contributed by atoms with van der Waals surface area (Å²) in [6.07, 6.45) is 2.41. The minimum absolute atomic E-state index is 0.303. The lowest BCUT2D eigenvalue weighted by molar-refractivity contribution is 0.673. The Morgan fingerprint density at radius 2 is 1.84 bits per heavy atom. The molecule has 0 saturated carbocycles. The average Bonchev–Trinajstić information content (AvgIpc) is 2.92. The normalized spacial score (nSPS) is 24.0. The Hall–Kier alpha value is -0.750. The Morgan fingerprint density at radius 1 is 1.11 bits per heavy atom. The van der Waals surface area contributed by atoms with Crippen molar-refractivity contribution >= 4 is 35.3 Å². The summed E-state index contributed by atoms with van der Waals surface area (Å²) in [5.74, 6) is 3.70. The summed E-state index contributed by atoms with van der Waals surface area (Å²) in [6.45, 7) is 5.22. The summed E-state index contributed by atoms with van der Waals surface area (Å²) in [7, 11) is 0. The number of hydrogen-bond donors (Lipinski definition) is 0. The predicted molar refractivity (Wildman–Crippen MR) is 80.4 cm³/mol. The predicted octanol–water partition coefficient (Wildman–Crippen LogP) is 2.07. The Kier molecular flexibility index (Phi) is 3.98.